The number of hydrogen-bond donors (Lipinski definition) is 2. The second-order valence-corrected chi connectivity index (χ2v) is 2.99. The number of pyridine rings is 1. The Morgan fingerprint density at radius 3 is 1.88 bits per heavy atom. The lowest BCUT2D eigenvalue weighted by Gasteiger charge is -2.16. The second-order valence-electron chi connectivity index (χ2n) is 2.99. The van der Waals surface area contributed by atoms with E-state index in [1.807, 2.05) is 0 Å². The van der Waals surface area contributed by atoms with Gasteiger partial charge >= 0.3 is 19.5 Å². The van der Waals surface area contributed by atoms with E-state index in [0.717, 1.165) is 0 Å². The zero-order valence-electron chi connectivity index (χ0n) is 7.84. The Morgan fingerprint density at radius 2 is 1.53 bits per heavy atom. The third-order valence-electron chi connectivity index (χ3n) is 1.82. The molecule has 0 aliphatic heterocycles. The molecule has 0 aromatic carbocycles. The fourth-order valence-corrected chi connectivity index (χ4v) is 1.21. The Hall–Kier alpha value is -1.29. The third-order valence-corrected chi connectivity index (χ3v) is 1.82. The monoisotopic (exact) mass is 259 g/mol. The summed E-state index contributed by atoms with van der Waals surface area (Å²) in [6, 6.07) is 0.240. The highest BCUT2D eigenvalue weighted by molar-refractivity contribution is 6.59. The van der Waals surface area contributed by atoms with Crippen molar-refractivity contribution in [1.82, 2.24) is 4.98 Å². The zero-order valence-corrected chi connectivity index (χ0v) is 7.84. The van der Waals surface area contributed by atoms with Gasteiger partial charge in [0.05, 0.1) is 5.56 Å². The van der Waals surface area contributed by atoms with Crippen LogP contribution < -0.4 is 5.46 Å². The molecule has 0 aliphatic rings. The fourth-order valence-electron chi connectivity index (χ4n) is 1.21. The summed E-state index contributed by atoms with van der Waals surface area (Å²) < 4.78 is 74.1. The van der Waals surface area contributed by atoms with Gasteiger partial charge in [-0.2, -0.15) is 26.3 Å². The highest BCUT2D eigenvalue weighted by atomic mass is 19.4. The summed E-state index contributed by atoms with van der Waals surface area (Å²) in [5, 5.41) is 17.3. The second kappa shape index (κ2) is 4.19. The van der Waals surface area contributed by atoms with E-state index in [1.165, 1.54) is 0 Å². The topological polar surface area (TPSA) is 53.4 Å². The van der Waals surface area contributed by atoms with Crippen molar-refractivity contribution in [3.05, 3.63) is 23.5 Å². The van der Waals surface area contributed by atoms with E-state index in [2.05, 4.69) is 4.98 Å². The van der Waals surface area contributed by atoms with Gasteiger partial charge in [-0.25, -0.2) is 0 Å². The number of alkyl halides is 6. The zero-order chi connectivity index (χ0) is 13.4. The van der Waals surface area contributed by atoms with Gasteiger partial charge < -0.3 is 10.0 Å². The van der Waals surface area contributed by atoms with Gasteiger partial charge in [-0.1, -0.05) is 0 Å². The van der Waals surface area contributed by atoms with Crippen molar-refractivity contribution in [3.63, 3.8) is 0 Å². The molecule has 0 fully saturated rings. The SMILES string of the molecule is OB(O)c1c(C(F)(F)F)ccnc1C(F)(F)F. The first kappa shape index (κ1) is 13.8. The maximum atomic E-state index is 12.4. The fraction of sp³-hybridized carbons (Fsp3) is 0.286. The van der Waals surface area contributed by atoms with Crippen molar-refractivity contribution in [1.29, 1.82) is 0 Å². The molecule has 94 valence electrons. The first-order chi connectivity index (χ1) is 7.55. The average Bonchev–Trinajstić information content (AvgIpc) is 2.13. The molecule has 10 heteroatoms. The van der Waals surface area contributed by atoms with Crippen LogP contribution in [0.5, 0.6) is 0 Å². The molecule has 17 heavy (non-hydrogen) atoms. The lowest BCUT2D eigenvalue weighted by molar-refractivity contribution is -0.144. The lowest BCUT2D eigenvalue weighted by atomic mass is 9.75. The van der Waals surface area contributed by atoms with Gasteiger partial charge in [-0.3, -0.25) is 4.98 Å². The molecule has 0 radical (unpaired) electrons. The Kier molecular flexibility index (Phi) is 3.39. The van der Waals surface area contributed by atoms with Crippen molar-refractivity contribution in [2.45, 2.75) is 12.4 Å². The van der Waals surface area contributed by atoms with E-state index in [4.69, 9.17) is 10.0 Å². The quantitative estimate of drug-likeness (QED) is 0.579. The Balaban J connectivity index is 3.55. The van der Waals surface area contributed by atoms with Crippen molar-refractivity contribution in [2.75, 3.05) is 0 Å². The molecule has 0 spiro atoms. The molecule has 0 aliphatic carbocycles. The highest BCUT2D eigenvalue weighted by Crippen LogP contribution is 2.32. The van der Waals surface area contributed by atoms with Crippen LogP contribution in [0.15, 0.2) is 12.3 Å². The van der Waals surface area contributed by atoms with Gasteiger partial charge in [-0.15, -0.1) is 0 Å². The van der Waals surface area contributed by atoms with Gasteiger partial charge in [0.1, 0.15) is 5.69 Å². The van der Waals surface area contributed by atoms with Gasteiger partial charge in [0.2, 0.25) is 0 Å². The first-order valence-corrected chi connectivity index (χ1v) is 4.04. The van der Waals surface area contributed by atoms with Crippen molar-refractivity contribution in [2.24, 2.45) is 0 Å². The van der Waals surface area contributed by atoms with Crippen molar-refractivity contribution in [3.8, 4) is 0 Å². The molecule has 0 saturated carbocycles. The lowest BCUT2D eigenvalue weighted by Crippen LogP contribution is -2.42. The molecule has 1 aromatic rings. The summed E-state index contributed by atoms with van der Waals surface area (Å²) in [4.78, 5) is 2.70. The number of nitrogens with zero attached hydrogens (tertiary/aromatic N) is 1. The Morgan fingerprint density at radius 1 is 1.00 bits per heavy atom. The van der Waals surface area contributed by atoms with Crippen molar-refractivity contribution >= 4 is 12.6 Å². The molecule has 0 bridgehead atoms. The number of halogens is 6. The smallest absolute Gasteiger partial charge is 0.423 e. The predicted molar refractivity (Wildman–Crippen MR) is 44.1 cm³/mol. The number of aromatic nitrogens is 1. The van der Waals surface area contributed by atoms with Gasteiger partial charge in [0.15, 0.2) is 0 Å². The van der Waals surface area contributed by atoms with E-state index < -0.39 is 36.2 Å². The van der Waals surface area contributed by atoms with Crippen LogP contribution in [0.3, 0.4) is 0 Å². The molecule has 1 heterocycles. The van der Waals surface area contributed by atoms with Crippen LogP contribution in [0, 0.1) is 0 Å². The van der Waals surface area contributed by atoms with Crippen molar-refractivity contribution < 1.29 is 36.4 Å². The Labute approximate surface area is 90.9 Å². The molecule has 3 nitrogen and oxygen atoms in total. The average molecular weight is 259 g/mol. The number of rotatable bonds is 1. The summed E-state index contributed by atoms with van der Waals surface area (Å²) in [7, 11) is -2.92. The summed E-state index contributed by atoms with van der Waals surface area (Å²) in [6.07, 6.45) is -10.0. The number of hydrogen-bond acceptors (Lipinski definition) is 3. The van der Waals surface area contributed by atoms with Gasteiger partial charge in [-0.05, 0) is 6.07 Å². The maximum Gasteiger partial charge on any atom is 0.491 e. The largest absolute Gasteiger partial charge is 0.491 e. The van der Waals surface area contributed by atoms with Crippen LogP contribution in [-0.4, -0.2) is 22.2 Å². The molecule has 0 atom stereocenters. The molecule has 0 amide bonds. The molecule has 2 N–H and O–H groups in total. The molecule has 0 saturated heterocycles. The van der Waals surface area contributed by atoms with E-state index >= 15 is 0 Å². The van der Waals surface area contributed by atoms with Crippen LogP contribution in [0.1, 0.15) is 11.3 Å². The molecule has 1 rings (SSSR count). The minimum Gasteiger partial charge on any atom is -0.423 e. The normalized spacial score (nSPS) is 12.7. The van der Waals surface area contributed by atoms with Crippen LogP contribution >= 0.6 is 0 Å². The van der Waals surface area contributed by atoms with E-state index in [0.29, 0.717) is 6.20 Å². The molecule has 1 aromatic heterocycles. The summed E-state index contributed by atoms with van der Waals surface area (Å²) in [5.74, 6) is 0. The summed E-state index contributed by atoms with van der Waals surface area (Å²) in [6.45, 7) is 0. The first-order valence-electron chi connectivity index (χ1n) is 4.04. The predicted octanol–water partition coefficient (Wildman–Crippen LogP) is 0.799. The minimum absolute atomic E-state index is 0.240. The van der Waals surface area contributed by atoms with Crippen LogP contribution in [0.4, 0.5) is 26.3 Å². The van der Waals surface area contributed by atoms with E-state index in [9.17, 15) is 26.3 Å². The van der Waals surface area contributed by atoms with Crippen LogP contribution in [-0.2, 0) is 12.4 Å². The third kappa shape index (κ3) is 2.89. The highest BCUT2D eigenvalue weighted by Gasteiger charge is 2.44. The van der Waals surface area contributed by atoms with E-state index in [1.54, 1.807) is 0 Å². The van der Waals surface area contributed by atoms with Gasteiger partial charge in [0.25, 0.3) is 0 Å². The van der Waals surface area contributed by atoms with Gasteiger partial charge in [0, 0.05) is 11.7 Å². The standard InChI is InChI=1S/C7H4BF6NO2/c9-6(10,11)3-1-2-15-5(7(12,13)14)4(3)8(16)17/h1-2,16-17H. The van der Waals surface area contributed by atoms with Crippen LogP contribution in [0.2, 0.25) is 0 Å². The summed E-state index contributed by atoms with van der Waals surface area (Å²) in [5.41, 5.74) is -5.45. The maximum absolute atomic E-state index is 12.4. The van der Waals surface area contributed by atoms with E-state index in [-0.39, 0.29) is 6.07 Å². The Bertz CT molecular complexity index is 384. The summed E-state index contributed by atoms with van der Waals surface area (Å²) >= 11 is 0. The minimum atomic E-state index is -5.21. The van der Waals surface area contributed by atoms with Crippen LogP contribution in [0.25, 0.3) is 0 Å². The molecular formula is C7H4BF6NO2. The molecular weight excluding hydrogens is 255 g/mol. The molecule has 0 unspecified atom stereocenters.